The number of anilines is 1. The Balaban J connectivity index is 1.94. The van der Waals surface area contributed by atoms with Crippen molar-refractivity contribution in [3.63, 3.8) is 0 Å². The molecule has 0 fully saturated rings. The van der Waals surface area contributed by atoms with Crippen molar-refractivity contribution in [3.8, 4) is 17.2 Å². The Bertz CT molecular complexity index is 1460. The Morgan fingerprint density at radius 1 is 0.947 bits per heavy atom. The maximum Gasteiger partial charge on any atom is 0.335 e. The van der Waals surface area contributed by atoms with Gasteiger partial charge in [-0.2, -0.15) is 5.10 Å². The number of halogens is 1. The molecule has 0 bridgehead atoms. The number of hydrazone groups is 1. The number of rotatable bonds is 11. The first-order chi connectivity index (χ1) is 18.1. The summed E-state index contributed by atoms with van der Waals surface area (Å²) in [4.78, 5) is 23.6. The zero-order valence-electron chi connectivity index (χ0n) is 20.5. The Morgan fingerprint density at radius 2 is 1.58 bits per heavy atom. The van der Waals surface area contributed by atoms with Gasteiger partial charge in [-0.15, -0.1) is 0 Å². The van der Waals surface area contributed by atoms with Gasteiger partial charge >= 0.3 is 5.97 Å². The van der Waals surface area contributed by atoms with Crippen LogP contribution in [-0.4, -0.2) is 59.5 Å². The number of ether oxygens (including phenoxy) is 3. The number of aromatic carboxylic acids is 1. The van der Waals surface area contributed by atoms with Crippen LogP contribution in [0, 0.1) is 0 Å². The maximum atomic E-state index is 13.8. The molecule has 0 heterocycles. The van der Waals surface area contributed by atoms with Gasteiger partial charge < -0.3 is 19.3 Å². The molecule has 13 heteroatoms. The van der Waals surface area contributed by atoms with E-state index in [1.165, 1.54) is 88.2 Å². The minimum absolute atomic E-state index is 0.0261. The Kier molecular flexibility index (Phi) is 9.16. The Morgan fingerprint density at radius 3 is 2.18 bits per heavy atom. The van der Waals surface area contributed by atoms with E-state index in [2.05, 4.69) is 10.5 Å². The summed E-state index contributed by atoms with van der Waals surface area (Å²) in [5.74, 6) is -1.19. The summed E-state index contributed by atoms with van der Waals surface area (Å²) in [6, 6.07) is 14.2. The SMILES string of the molecule is COc1ccc(S(=O)(=O)N(CC(=O)N/N=C\c2ccc(C(=O)O)cc2)c2cc(Cl)ccc2OC)cc1OC. The lowest BCUT2D eigenvalue weighted by atomic mass is 10.1. The Labute approximate surface area is 224 Å². The van der Waals surface area contributed by atoms with Gasteiger partial charge in [-0.25, -0.2) is 18.6 Å². The molecule has 0 aliphatic heterocycles. The predicted octanol–water partition coefficient (Wildman–Crippen LogP) is 3.41. The molecule has 11 nitrogen and oxygen atoms in total. The fourth-order valence-electron chi connectivity index (χ4n) is 3.32. The first-order valence-corrected chi connectivity index (χ1v) is 12.7. The zero-order chi connectivity index (χ0) is 27.9. The number of hydrogen-bond acceptors (Lipinski definition) is 8. The fraction of sp³-hybridized carbons (Fsp3) is 0.160. The first-order valence-electron chi connectivity index (χ1n) is 10.8. The number of sulfonamides is 1. The highest BCUT2D eigenvalue weighted by Crippen LogP contribution is 2.36. The second kappa shape index (κ2) is 12.3. The van der Waals surface area contributed by atoms with Crippen LogP contribution < -0.4 is 23.9 Å². The summed E-state index contributed by atoms with van der Waals surface area (Å²) in [5.41, 5.74) is 2.91. The molecule has 3 rings (SSSR count). The topological polar surface area (TPSA) is 144 Å². The summed E-state index contributed by atoms with van der Waals surface area (Å²) < 4.78 is 44.1. The maximum absolute atomic E-state index is 13.8. The number of carboxylic acids is 1. The van der Waals surface area contributed by atoms with Gasteiger partial charge in [0.2, 0.25) is 0 Å². The van der Waals surface area contributed by atoms with E-state index in [9.17, 15) is 18.0 Å². The van der Waals surface area contributed by atoms with Gasteiger partial charge in [0.1, 0.15) is 12.3 Å². The van der Waals surface area contributed by atoms with Crippen molar-refractivity contribution in [2.45, 2.75) is 4.90 Å². The summed E-state index contributed by atoms with van der Waals surface area (Å²) in [6.45, 7) is -0.678. The normalized spacial score (nSPS) is 11.2. The smallest absolute Gasteiger partial charge is 0.335 e. The van der Waals surface area contributed by atoms with E-state index in [1.807, 2.05) is 0 Å². The van der Waals surface area contributed by atoms with Crippen molar-refractivity contribution in [1.82, 2.24) is 5.43 Å². The molecule has 0 saturated heterocycles. The number of carboxylic acid groups (broad SMARTS) is 1. The van der Waals surface area contributed by atoms with Crippen LogP contribution in [-0.2, 0) is 14.8 Å². The van der Waals surface area contributed by atoms with E-state index in [0.29, 0.717) is 11.3 Å². The van der Waals surface area contributed by atoms with Gasteiger partial charge in [-0.3, -0.25) is 9.10 Å². The second-order valence-corrected chi connectivity index (χ2v) is 9.86. The van der Waals surface area contributed by atoms with Crippen molar-refractivity contribution in [1.29, 1.82) is 0 Å². The van der Waals surface area contributed by atoms with Crippen LogP contribution in [0.2, 0.25) is 5.02 Å². The van der Waals surface area contributed by atoms with Crippen LogP contribution in [0.15, 0.2) is 70.7 Å². The standard InChI is InChI=1S/C25H24ClN3O8S/c1-35-21-10-8-18(26)12-20(21)29(38(33,34)19-9-11-22(36-2)23(13-19)37-3)15-24(30)28-27-14-16-4-6-17(7-5-16)25(31)32/h4-14H,15H2,1-3H3,(H,28,30)(H,31,32)/b27-14-. The molecular formula is C25H24ClN3O8S. The van der Waals surface area contributed by atoms with Crippen LogP contribution in [0.1, 0.15) is 15.9 Å². The molecule has 1 amide bonds. The minimum Gasteiger partial charge on any atom is -0.495 e. The fourth-order valence-corrected chi connectivity index (χ4v) is 4.92. The van der Waals surface area contributed by atoms with E-state index in [4.69, 9.17) is 30.9 Å². The van der Waals surface area contributed by atoms with Crippen LogP contribution in [0.25, 0.3) is 0 Å². The number of carbonyl (C=O) groups is 2. The molecule has 200 valence electrons. The summed E-state index contributed by atoms with van der Waals surface area (Å²) in [5, 5.41) is 13.0. The third kappa shape index (κ3) is 6.52. The molecule has 38 heavy (non-hydrogen) atoms. The van der Waals surface area contributed by atoms with Gasteiger partial charge in [0, 0.05) is 11.1 Å². The highest BCUT2D eigenvalue weighted by atomic mass is 35.5. The van der Waals surface area contributed by atoms with Crippen LogP contribution in [0.4, 0.5) is 5.69 Å². The minimum atomic E-state index is -4.36. The van der Waals surface area contributed by atoms with Crippen LogP contribution >= 0.6 is 11.6 Å². The first kappa shape index (κ1) is 28.3. The number of carbonyl (C=O) groups excluding carboxylic acids is 1. The van der Waals surface area contributed by atoms with Crippen LogP contribution in [0.3, 0.4) is 0 Å². The van der Waals surface area contributed by atoms with Crippen molar-refractivity contribution in [3.05, 3.63) is 76.8 Å². The Hall–Kier alpha value is -4.29. The summed E-state index contributed by atoms with van der Waals surface area (Å²) in [7, 11) is -0.215. The molecule has 0 radical (unpaired) electrons. The largest absolute Gasteiger partial charge is 0.495 e. The summed E-state index contributed by atoms with van der Waals surface area (Å²) in [6.07, 6.45) is 1.29. The number of benzene rings is 3. The summed E-state index contributed by atoms with van der Waals surface area (Å²) >= 11 is 6.15. The molecule has 2 N–H and O–H groups in total. The predicted molar refractivity (Wildman–Crippen MR) is 141 cm³/mol. The lowest BCUT2D eigenvalue weighted by Gasteiger charge is -2.25. The molecule has 0 aliphatic rings. The third-order valence-corrected chi connectivity index (χ3v) is 7.19. The average molecular weight is 562 g/mol. The molecule has 3 aromatic rings. The monoisotopic (exact) mass is 561 g/mol. The van der Waals surface area contributed by atoms with Crippen molar-refractivity contribution in [2.75, 3.05) is 32.2 Å². The van der Waals surface area contributed by atoms with Crippen molar-refractivity contribution >= 4 is 45.4 Å². The zero-order valence-corrected chi connectivity index (χ0v) is 22.1. The van der Waals surface area contributed by atoms with E-state index >= 15 is 0 Å². The van der Waals surface area contributed by atoms with Crippen LogP contribution in [0.5, 0.6) is 17.2 Å². The molecular weight excluding hydrogens is 538 g/mol. The number of nitrogens with one attached hydrogen (secondary N) is 1. The molecule has 0 spiro atoms. The van der Waals surface area contributed by atoms with Gasteiger partial charge in [0.25, 0.3) is 15.9 Å². The quantitative estimate of drug-likeness (QED) is 0.268. The third-order valence-electron chi connectivity index (χ3n) is 5.20. The number of hydrogen-bond donors (Lipinski definition) is 2. The molecule has 0 aliphatic carbocycles. The van der Waals surface area contributed by atoms with Crippen molar-refractivity contribution < 1.29 is 37.3 Å². The lowest BCUT2D eigenvalue weighted by molar-refractivity contribution is -0.119. The average Bonchev–Trinajstić information content (AvgIpc) is 2.91. The molecule has 3 aromatic carbocycles. The van der Waals surface area contributed by atoms with E-state index in [0.717, 1.165) is 4.31 Å². The number of methoxy groups -OCH3 is 3. The van der Waals surface area contributed by atoms with Crippen molar-refractivity contribution in [2.24, 2.45) is 5.10 Å². The van der Waals surface area contributed by atoms with E-state index < -0.39 is 28.4 Å². The second-order valence-electron chi connectivity index (χ2n) is 7.56. The van der Waals surface area contributed by atoms with Gasteiger partial charge in [0.15, 0.2) is 11.5 Å². The van der Waals surface area contributed by atoms with Gasteiger partial charge in [-0.05, 0) is 48.0 Å². The van der Waals surface area contributed by atoms with Gasteiger partial charge in [0.05, 0.1) is 43.7 Å². The highest BCUT2D eigenvalue weighted by molar-refractivity contribution is 7.92. The van der Waals surface area contributed by atoms with Gasteiger partial charge in [-0.1, -0.05) is 23.7 Å². The highest BCUT2D eigenvalue weighted by Gasteiger charge is 2.30. The molecule has 0 aromatic heterocycles. The molecule has 0 unspecified atom stereocenters. The molecule has 0 saturated carbocycles. The lowest BCUT2D eigenvalue weighted by Crippen LogP contribution is -2.39. The van der Waals surface area contributed by atoms with E-state index in [1.54, 1.807) is 0 Å². The molecule has 0 atom stereocenters. The number of amides is 1. The van der Waals surface area contributed by atoms with E-state index in [-0.39, 0.29) is 32.7 Å². The number of nitrogens with zero attached hydrogens (tertiary/aromatic N) is 2.